The molecule has 0 spiro atoms. The lowest BCUT2D eigenvalue weighted by atomic mass is 9.99. The second-order valence-corrected chi connectivity index (χ2v) is 7.84. The van der Waals surface area contributed by atoms with Crippen LogP contribution in [0.5, 0.6) is 0 Å². The maximum Gasteiger partial charge on any atom is 0.150 e. The lowest BCUT2D eigenvalue weighted by Crippen LogP contribution is -2.47. The first-order valence-corrected chi connectivity index (χ1v) is 11.0. The molecular formula is C28H27NO4. The third-order valence-electron chi connectivity index (χ3n) is 5.42. The van der Waals surface area contributed by atoms with Crippen molar-refractivity contribution in [3.8, 4) is 6.07 Å². The molecule has 0 N–H and O–H groups in total. The molecule has 5 nitrogen and oxygen atoms in total. The molecule has 1 aliphatic rings. The van der Waals surface area contributed by atoms with E-state index in [2.05, 4.69) is 6.07 Å². The SMILES string of the molecule is N#CC1=CO[C@H](COCc2ccccc2)[C@H](OCc2ccccc2)[C@@H]1OCc1ccccc1. The van der Waals surface area contributed by atoms with Gasteiger partial charge >= 0.3 is 0 Å². The van der Waals surface area contributed by atoms with Crippen LogP contribution in [0.15, 0.2) is 103 Å². The molecule has 0 radical (unpaired) electrons. The van der Waals surface area contributed by atoms with Crippen LogP contribution in [0.4, 0.5) is 0 Å². The second kappa shape index (κ2) is 12.0. The minimum Gasteiger partial charge on any atom is -0.492 e. The maximum absolute atomic E-state index is 9.71. The molecule has 0 saturated heterocycles. The minimum atomic E-state index is -0.557. The van der Waals surface area contributed by atoms with Crippen LogP contribution in [0.1, 0.15) is 16.7 Å². The third kappa shape index (κ3) is 6.53. The van der Waals surface area contributed by atoms with Gasteiger partial charge in [0.15, 0.2) is 6.10 Å². The molecule has 3 aromatic rings. The van der Waals surface area contributed by atoms with Crippen molar-refractivity contribution in [1.82, 2.24) is 0 Å². The minimum absolute atomic E-state index is 0.314. The van der Waals surface area contributed by atoms with E-state index in [4.69, 9.17) is 18.9 Å². The number of benzene rings is 3. The van der Waals surface area contributed by atoms with Gasteiger partial charge in [0.25, 0.3) is 0 Å². The Kier molecular flexibility index (Phi) is 8.26. The molecule has 1 heterocycles. The van der Waals surface area contributed by atoms with E-state index in [1.165, 1.54) is 6.26 Å². The first-order chi connectivity index (χ1) is 16.3. The Morgan fingerprint density at radius 3 is 1.76 bits per heavy atom. The van der Waals surface area contributed by atoms with E-state index in [9.17, 15) is 5.26 Å². The largest absolute Gasteiger partial charge is 0.492 e. The molecule has 0 bridgehead atoms. The monoisotopic (exact) mass is 441 g/mol. The highest BCUT2D eigenvalue weighted by atomic mass is 16.6. The van der Waals surface area contributed by atoms with E-state index in [0.29, 0.717) is 32.0 Å². The van der Waals surface area contributed by atoms with E-state index in [-0.39, 0.29) is 0 Å². The summed E-state index contributed by atoms with van der Waals surface area (Å²) in [5.74, 6) is 0. The number of rotatable bonds is 10. The fourth-order valence-electron chi connectivity index (χ4n) is 3.67. The molecule has 1 aliphatic heterocycles. The van der Waals surface area contributed by atoms with Gasteiger partial charge in [0.1, 0.15) is 24.5 Å². The smallest absolute Gasteiger partial charge is 0.150 e. The summed E-state index contributed by atoms with van der Waals surface area (Å²) in [6, 6.07) is 32.0. The van der Waals surface area contributed by atoms with Crippen molar-refractivity contribution in [2.45, 2.75) is 38.1 Å². The van der Waals surface area contributed by atoms with Gasteiger partial charge in [-0.25, -0.2) is 0 Å². The molecule has 3 atom stereocenters. The molecular weight excluding hydrogens is 414 g/mol. The van der Waals surface area contributed by atoms with Gasteiger partial charge in [-0.3, -0.25) is 0 Å². The number of ether oxygens (including phenoxy) is 4. The standard InChI is InChI=1S/C28H27NO4/c29-16-25-20-31-26(21-30-17-22-10-4-1-5-11-22)28(33-19-24-14-8-3-9-15-24)27(25)32-18-23-12-6-2-7-13-23/h1-15,20,26-28H,17-19,21H2/t26-,27-,28+/m1/s1. The van der Waals surface area contributed by atoms with Gasteiger partial charge in [-0.1, -0.05) is 91.0 Å². The van der Waals surface area contributed by atoms with Crippen molar-refractivity contribution in [3.05, 3.63) is 120 Å². The molecule has 0 saturated carbocycles. The fourth-order valence-corrected chi connectivity index (χ4v) is 3.67. The van der Waals surface area contributed by atoms with Crippen LogP contribution in [-0.2, 0) is 38.8 Å². The molecule has 0 amide bonds. The van der Waals surface area contributed by atoms with E-state index < -0.39 is 18.3 Å². The van der Waals surface area contributed by atoms with Crippen LogP contribution in [0, 0.1) is 11.3 Å². The van der Waals surface area contributed by atoms with Crippen LogP contribution >= 0.6 is 0 Å². The van der Waals surface area contributed by atoms with Crippen molar-refractivity contribution >= 4 is 0 Å². The van der Waals surface area contributed by atoms with Gasteiger partial charge in [-0.05, 0) is 16.7 Å². The van der Waals surface area contributed by atoms with Crippen LogP contribution in [-0.4, -0.2) is 24.9 Å². The summed E-state index contributed by atoms with van der Waals surface area (Å²) >= 11 is 0. The van der Waals surface area contributed by atoms with E-state index in [1.54, 1.807) is 0 Å². The van der Waals surface area contributed by atoms with Gasteiger partial charge < -0.3 is 18.9 Å². The predicted molar refractivity (Wildman–Crippen MR) is 125 cm³/mol. The summed E-state index contributed by atoms with van der Waals surface area (Å²) in [4.78, 5) is 0. The van der Waals surface area contributed by atoms with Crippen molar-refractivity contribution in [3.63, 3.8) is 0 Å². The molecule has 168 valence electrons. The number of nitrogens with zero attached hydrogens (tertiary/aromatic N) is 1. The van der Waals surface area contributed by atoms with Gasteiger partial charge in [0.2, 0.25) is 0 Å². The summed E-state index contributed by atoms with van der Waals surface area (Å²) in [5, 5.41) is 9.71. The second-order valence-electron chi connectivity index (χ2n) is 7.84. The Labute approximate surface area is 194 Å². The van der Waals surface area contributed by atoms with Crippen molar-refractivity contribution in [1.29, 1.82) is 5.26 Å². The summed E-state index contributed by atoms with van der Waals surface area (Å²) in [5.41, 5.74) is 3.56. The molecule has 0 fully saturated rings. The van der Waals surface area contributed by atoms with Crippen LogP contribution in [0.2, 0.25) is 0 Å². The first kappa shape index (κ1) is 22.8. The van der Waals surface area contributed by atoms with Gasteiger partial charge in [0.05, 0.1) is 32.0 Å². The van der Waals surface area contributed by atoms with Crippen molar-refractivity contribution in [2.75, 3.05) is 6.61 Å². The molecule has 5 heteroatoms. The van der Waals surface area contributed by atoms with Gasteiger partial charge in [-0.2, -0.15) is 5.26 Å². The van der Waals surface area contributed by atoms with Crippen molar-refractivity contribution in [2.24, 2.45) is 0 Å². The molecule has 0 unspecified atom stereocenters. The number of hydrogen-bond donors (Lipinski definition) is 0. The fraction of sp³-hybridized carbons (Fsp3) is 0.250. The predicted octanol–water partition coefficient (Wildman–Crippen LogP) is 5.18. The lowest BCUT2D eigenvalue weighted by molar-refractivity contribution is -0.150. The van der Waals surface area contributed by atoms with Crippen LogP contribution in [0.25, 0.3) is 0 Å². The Balaban J connectivity index is 1.47. The molecule has 0 aliphatic carbocycles. The van der Waals surface area contributed by atoms with Crippen LogP contribution < -0.4 is 0 Å². The topological polar surface area (TPSA) is 60.7 Å². The molecule has 0 aromatic heterocycles. The molecule has 33 heavy (non-hydrogen) atoms. The zero-order chi connectivity index (χ0) is 22.7. The first-order valence-electron chi connectivity index (χ1n) is 11.0. The average Bonchev–Trinajstić information content (AvgIpc) is 2.88. The molecule has 3 aromatic carbocycles. The molecule has 4 rings (SSSR count). The Hall–Kier alpha value is -3.43. The number of nitriles is 1. The van der Waals surface area contributed by atoms with Gasteiger partial charge in [-0.15, -0.1) is 0 Å². The van der Waals surface area contributed by atoms with E-state index in [0.717, 1.165) is 16.7 Å². The normalized spacial score (nSPS) is 19.8. The summed E-state index contributed by atoms with van der Waals surface area (Å²) in [6.07, 6.45) is 0.0202. The summed E-state index contributed by atoms with van der Waals surface area (Å²) in [6.45, 7) is 1.53. The highest BCUT2D eigenvalue weighted by Gasteiger charge is 2.39. The van der Waals surface area contributed by atoms with Crippen LogP contribution in [0.3, 0.4) is 0 Å². The quantitative estimate of drug-likeness (QED) is 0.434. The highest BCUT2D eigenvalue weighted by molar-refractivity contribution is 5.28. The van der Waals surface area contributed by atoms with Crippen molar-refractivity contribution < 1.29 is 18.9 Å². The van der Waals surface area contributed by atoms with E-state index in [1.807, 2.05) is 91.0 Å². The summed E-state index contributed by atoms with van der Waals surface area (Å²) in [7, 11) is 0. The zero-order valence-electron chi connectivity index (χ0n) is 18.4. The zero-order valence-corrected chi connectivity index (χ0v) is 18.4. The average molecular weight is 442 g/mol. The Bertz CT molecular complexity index is 1050. The van der Waals surface area contributed by atoms with Gasteiger partial charge in [0, 0.05) is 0 Å². The maximum atomic E-state index is 9.71. The highest BCUT2D eigenvalue weighted by Crippen LogP contribution is 2.27. The summed E-state index contributed by atoms with van der Waals surface area (Å²) < 4.78 is 24.3. The van der Waals surface area contributed by atoms with E-state index >= 15 is 0 Å². The number of hydrogen-bond acceptors (Lipinski definition) is 5. The Morgan fingerprint density at radius 2 is 1.21 bits per heavy atom. The lowest BCUT2D eigenvalue weighted by Gasteiger charge is -2.36. The third-order valence-corrected chi connectivity index (χ3v) is 5.42. The Morgan fingerprint density at radius 1 is 0.697 bits per heavy atom.